The Bertz CT molecular complexity index is 955. The largest absolute Gasteiger partial charge is 0.487 e. The number of ether oxygens (including phenoxy) is 3. The number of aliphatic hydroxyl groups excluding tert-OH is 1. The average molecular weight is 441 g/mol. The molecule has 9 nitrogen and oxygen atoms in total. The van der Waals surface area contributed by atoms with Gasteiger partial charge in [0.1, 0.15) is 31.5 Å². The van der Waals surface area contributed by atoms with Crippen molar-refractivity contribution in [3.05, 3.63) is 59.2 Å². The number of nitrogens with two attached hydrogens (primary N) is 1. The minimum Gasteiger partial charge on any atom is -0.487 e. The summed E-state index contributed by atoms with van der Waals surface area (Å²) in [5.74, 6) is 0.611. The molecule has 0 aliphatic carbocycles. The normalized spacial score (nSPS) is 13.0. The van der Waals surface area contributed by atoms with Crippen molar-refractivity contribution >= 4 is 17.6 Å². The van der Waals surface area contributed by atoms with Crippen molar-refractivity contribution < 1.29 is 24.1 Å². The number of nitrogens with one attached hydrogen (secondary N) is 2. The van der Waals surface area contributed by atoms with Crippen LogP contribution in [0.4, 0.5) is 0 Å². The fraction of sp³-hybridized carbons (Fsp3) is 0.348. The molecule has 0 amide bonds. The third-order valence-corrected chi connectivity index (χ3v) is 4.99. The molecule has 32 heavy (non-hydrogen) atoms. The summed E-state index contributed by atoms with van der Waals surface area (Å²) in [6.45, 7) is 1.81. The Morgan fingerprint density at radius 2 is 1.53 bits per heavy atom. The predicted octanol–water partition coefficient (Wildman–Crippen LogP) is 2.00. The molecule has 3 rings (SSSR count). The highest BCUT2D eigenvalue weighted by Crippen LogP contribution is 2.28. The Labute approximate surface area is 186 Å². The molecule has 1 fully saturated rings. The molecule has 0 radical (unpaired) electrons. The summed E-state index contributed by atoms with van der Waals surface area (Å²) < 4.78 is 16.3. The SMILES string of the molecule is N=C(N)c1ccc(OCCO)c(OCCOC(=O)c2ccc(C(=N)N3CCCC3)cc2)c1. The van der Waals surface area contributed by atoms with Crippen molar-refractivity contribution in [2.45, 2.75) is 12.8 Å². The lowest BCUT2D eigenvalue weighted by Gasteiger charge is -2.18. The number of hydrogen-bond donors (Lipinski definition) is 4. The van der Waals surface area contributed by atoms with E-state index >= 15 is 0 Å². The van der Waals surface area contributed by atoms with Crippen LogP contribution in [0.5, 0.6) is 11.5 Å². The highest BCUT2D eigenvalue weighted by molar-refractivity contribution is 5.98. The van der Waals surface area contributed by atoms with E-state index in [2.05, 4.69) is 0 Å². The quantitative estimate of drug-likeness (QED) is 0.192. The first kappa shape index (κ1) is 23.1. The molecule has 0 atom stereocenters. The summed E-state index contributed by atoms with van der Waals surface area (Å²) in [5, 5.41) is 24.8. The van der Waals surface area contributed by atoms with Crippen molar-refractivity contribution in [3.63, 3.8) is 0 Å². The van der Waals surface area contributed by atoms with Gasteiger partial charge in [0, 0.05) is 24.2 Å². The molecule has 0 spiro atoms. The molecule has 1 aliphatic rings. The molecule has 9 heteroatoms. The zero-order valence-corrected chi connectivity index (χ0v) is 17.8. The van der Waals surface area contributed by atoms with Crippen LogP contribution in [0.2, 0.25) is 0 Å². The number of carbonyl (C=O) groups excluding carboxylic acids is 1. The van der Waals surface area contributed by atoms with Crippen LogP contribution < -0.4 is 15.2 Å². The lowest BCUT2D eigenvalue weighted by molar-refractivity contribution is 0.0448. The molecule has 1 aliphatic heterocycles. The third-order valence-electron chi connectivity index (χ3n) is 4.99. The average Bonchev–Trinajstić information content (AvgIpc) is 3.35. The lowest BCUT2D eigenvalue weighted by Crippen LogP contribution is -2.27. The summed E-state index contributed by atoms with van der Waals surface area (Å²) in [6, 6.07) is 11.6. The number of benzene rings is 2. The van der Waals surface area contributed by atoms with Crippen LogP contribution in [-0.2, 0) is 4.74 Å². The van der Waals surface area contributed by atoms with Gasteiger partial charge in [-0.15, -0.1) is 0 Å². The lowest BCUT2D eigenvalue weighted by atomic mass is 10.1. The zero-order chi connectivity index (χ0) is 22.9. The van der Waals surface area contributed by atoms with Gasteiger partial charge < -0.3 is 30.0 Å². The van der Waals surface area contributed by atoms with Crippen molar-refractivity contribution in [2.24, 2.45) is 5.73 Å². The van der Waals surface area contributed by atoms with Crippen LogP contribution in [0.25, 0.3) is 0 Å². The molecule has 0 bridgehead atoms. The maximum Gasteiger partial charge on any atom is 0.338 e. The molecule has 0 unspecified atom stereocenters. The minimum absolute atomic E-state index is 0.00786. The molecular formula is C23H28N4O5. The van der Waals surface area contributed by atoms with Crippen LogP contribution in [0, 0.1) is 10.8 Å². The molecular weight excluding hydrogens is 412 g/mol. The van der Waals surface area contributed by atoms with Crippen LogP contribution in [0.1, 0.15) is 34.3 Å². The standard InChI is InChI=1S/C23H28N4O5/c24-21(25)18-7-8-19(30-12-11-28)20(15-18)31-13-14-32-23(29)17-5-3-16(4-6-17)22(26)27-9-1-2-10-27/h3-8,15,26,28H,1-2,9-14H2,(H3,24,25). The molecule has 1 heterocycles. The van der Waals surface area contributed by atoms with E-state index in [0.29, 0.717) is 28.5 Å². The van der Waals surface area contributed by atoms with E-state index in [4.69, 9.17) is 35.9 Å². The number of carbonyl (C=O) groups is 1. The number of likely N-dealkylation sites (tertiary alicyclic amines) is 1. The van der Waals surface area contributed by atoms with Crippen LogP contribution in [0.15, 0.2) is 42.5 Å². The molecule has 5 N–H and O–H groups in total. The van der Waals surface area contributed by atoms with Gasteiger partial charge >= 0.3 is 5.97 Å². The van der Waals surface area contributed by atoms with Crippen molar-refractivity contribution in [1.29, 1.82) is 10.8 Å². The fourth-order valence-corrected chi connectivity index (χ4v) is 3.32. The van der Waals surface area contributed by atoms with E-state index in [1.165, 1.54) is 0 Å². The maximum absolute atomic E-state index is 12.3. The van der Waals surface area contributed by atoms with E-state index in [0.717, 1.165) is 31.5 Å². The first-order valence-electron chi connectivity index (χ1n) is 10.5. The predicted molar refractivity (Wildman–Crippen MR) is 120 cm³/mol. The smallest absolute Gasteiger partial charge is 0.338 e. The summed E-state index contributed by atoms with van der Waals surface area (Å²) in [5.41, 5.74) is 7.15. The molecule has 1 saturated heterocycles. The highest BCUT2D eigenvalue weighted by Gasteiger charge is 2.17. The van der Waals surface area contributed by atoms with Crippen LogP contribution >= 0.6 is 0 Å². The van der Waals surface area contributed by atoms with Crippen molar-refractivity contribution in [2.75, 3.05) is 39.5 Å². The van der Waals surface area contributed by atoms with Gasteiger partial charge in [0.2, 0.25) is 0 Å². The van der Waals surface area contributed by atoms with Crippen molar-refractivity contribution in [1.82, 2.24) is 4.90 Å². The van der Waals surface area contributed by atoms with Gasteiger partial charge in [0.25, 0.3) is 0 Å². The van der Waals surface area contributed by atoms with E-state index in [1.807, 2.05) is 4.90 Å². The monoisotopic (exact) mass is 440 g/mol. The van der Waals surface area contributed by atoms with Gasteiger partial charge in [0.15, 0.2) is 11.5 Å². The fourth-order valence-electron chi connectivity index (χ4n) is 3.32. The molecule has 0 saturated carbocycles. The zero-order valence-electron chi connectivity index (χ0n) is 17.8. The van der Waals surface area contributed by atoms with Gasteiger partial charge in [-0.2, -0.15) is 0 Å². The second-order valence-electron chi connectivity index (χ2n) is 7.25. The topological polar surface area (TPSA) is 142 Å². The number of esters is 1. The Kier molecular flexibility index (Phi) is 8.04. The Balaban J connectivity index is 1.52. The molecule has 2 aromatic carbocycles. The number of amidine groups is 2. The van der Waals surface area contributed by atoms with Gasteiger partial charge in [-0.05, 0) is 43.2 Å². The minimum atomic E-state index is -0.484. The molecule has 0 aromatic heterocycles. The number of hydrogen-bond acceptors (Lipinski definition) is 7. The van der Waals surface area contributed by atoms with Crippen LogP contribution in [0.3, 0.4) is 0 Å². The first-order chi connectivity index (χ1) is 15.5. The van der Waals surface area contributed by atoms with Gasteiger partial charge in [-0.1, -0.05) is 12.1 Å². The van der Waals surface area contributed by atoms with Crippen LogP contribution in [-0.4, -0.2) is 67.2 Å². The number of nitrogens with zero attached hydrogens (tertiary/aromatic N) is 1. The number of aliphatic hydroxyl groups is 1. The number of nitrogen functional groups attached to an aromatic ring is 1. The number of rotatable bonds is 10. The van der Waals surface area contributed by atoms with Gasteiger partial charge in [-0.25, -0.2) is 4.79 Å². The van der Waals surface area contributed by atoms with E-state index in [9.17, 15) is 4.79 Å². The van der Waals surface area contributed by atoms with E-state index < -0.39 is 5.97 Å². The van der Waals surface area contributed by atoms with E-state index in [1.54, 1.807) is 42.5 Å². The summed E-state index contributed by atoms with van der Waals surface area (Å²) in [4.78, 5) is 14.3. The summed E-state index contributed by atoms with van der Waals surface area (Å²) >= 11 is 0. The second-order valence-corrected chi connectivity index (χ2v) is 7.25. The summed E-state index contributed by atoms with van der Waals surface area (Å²) in [7, 11) is 0. The van der Waals surface area contributed by atoms with Gasteiger partial charge in [0.05, 0.1) is 12.2 Å². The van der Waals surface area contributed by atoms with Gasteiger partial charge in [-0.3, -0.25) is 10.8 Å². The molecule has 2 aromatic rings. The Hall–Kier alpha value is -3.59. The highest BCUT2D eigenvalue weighted by atomic mass is 16.6. The van der Waals surface area contributed by atoms with E-state index in [-0.39, 0.29) is 32.3 Å². The summed E-state index contributed by atoms with van der Waals surface area (Å²) in [6.07, 6.45) is 2.20. The Morgan fingerprint density at radius 3 is 2.19 bits per heavy atom. The Morgan fingerprint density at radius 1 is 0.906 bits per heavy atom. The molecule has 170 valence electrons. The first-order valence-corrected chi connectivity index (χ1v) is 10.5. The second kappa shape index (κ2) is 11.1. The van der Waals surface area contributed by atoms with Crippen molar-refractivity contribution in [3.8, 4) is 11.5 Å². The third kappa shape index (κ3) is 5.98. The maximum atomic E-state index is 12.3.